The van der Waals surface area contributed by atoms with Gasteiger partial charge in [0, 0.05) is 13.1 Å². The summed E-state index contributed by atoms with van der Waals surface area (Å²) in [4.78, 5) is 11.2. The Labute approximate surface area is 123 Å². The van der Waals surface area contributed by atoms with E-state index in [2.05, 4.69) is 0 Å². The van der Waals surface area contributed by atoms with E-state index in [1.54, 1.807) is 0 Å². The number of carbonyl (C=O) groups is 1. The van der Waals surface area contributed by atoms with Gasteiger partial charge in [0.25, 0.3) is 9.84 Å². The number of nitrogens with two attached hydrogens (primary N) is 1. The van der Waals surface area contributed by atoms with Crippen LogP contribution in [0.15, 0.2) is 23.1 Å². The van der Waals surface area contributed by atoms with Crippen molar-refractivity contribution in [2.45, 2.75) is 16.8 Å². The zero-order chi connectivity index (χ0) is 16.7. The monoisotopic (exact) mass is 340 g/mol. The molecule has 1 aliphatic rings. The minimum atomic E-state index is -5.70. The molecular formula is C12H12F4N2O3S. The highest BCUT2D eigenvalue weighted by molar-refractivity contribution is 7.92. The lowest BCUT2D eigenvalue weighted by Crippen LogP contribution is -2.30. The standard InChI is InChI=1S/C12H12F4N2O3S/c13-8-1-2-9(18-4-3-7(6-18)11(17)19)10(5-8)22(20,21)12(14,15)16/h1-2,5,7H,3-4,6H2,(H2,17,19). The highest BCUT2D eigenvalue weighted by atomic mass is 32.2. The lowest BCUT2D eigenvalue weighted by molar-refractivity contribution is -0.121. The molecule has 2 N–H and O–H groups in total. The van der Waals surface area contributed by atoms with E-state index < -0.39 is 37.9 Å². The van der Waals surface area contributed by atoms with E-state index in [-0.39, 0.29) is 25.2 Å². The molecule has 0 aromatic heterocycles. The predicted octanol–water partition coefficient (Wildman–Crippen LogP) is 1.43. The van der Waals surface area contributed by atoms with Gasteiger partial charge >= 0.3 is 5.51 Å². The SMILES string of the molecule is NC(=O)C1CCN(c2ccc(F)cc2S(=O)(=O)C(F)(F)F)C1. The van der Waals surface area contributed by atoms with Crippen molar-refractivity contribution in [2.24, 2.45) is 11.7 Å². The van der Waals surface area contributed by atoms with Crippen LogP contribution in [-0.4, -0.2) is 32.9 Å². The molecule has 2 rings (SSSR count). The summed E-state index contributed by atoms with van der Waals surface area (Å²) in [6.07, 6.45) is 0.290. The van der Waals surface area contributed by atoms with Crippen LogP contribution >= 0.6 is 0 Å². The summed E-state index contributed by atoms with van der Waals surface area (Å²) in [7, 11) is -5.70. The lowest BCUT2D eigenvalue weighted by atomic mass is 10.1. The van der Waals surface area contributed by atoms with Crippen LogP contribution in [0.2, 0.25) is 0 Å². The Morgan fingerprint density at radius 3 is 2.45 bits per heavy atom. The first-order valence-corrected chi connectivity index (χ1v) is 7.67. The van der Waals surface area contributed by atoms with Gasteiger partial charge in [-0.3, -0.25) is 4.79 Å². The Kier molecular flexibility index (Phi) is 4.07. The number of hydrogen-bond acceptors (Lipinski definition) is 4. The largest absolute Gasteiger partial charge is 0.501 e. The first kappa shape index (κ1) is 16.5. The summed E-state index contributed by atoms with van der Waals surface area (Å²) < 4.78 is 74.6. The van der Waals surface area contributed by atoms with E-state index in [1.807, 2.05) is 0 Å². The molecule has 0 saturated carbocycles. The van der Waals surface area contributed by atoms with Crippen molar-refractivity contribution in [3.8, 4) is 0 Å². The van der Waals surface area contributed by atoms with Gasteiger partial charge in [-0.15, -0.1) is 0 Å². The van der Waals surface area contributed by atoms with Crippen LogP contribution in [0, 0.1) is 11.7 Å². The Hall–Kier alpha value is -1.84. The number of benzene rings is 1. The first-order valence-electron chi connectivity index (χ1n) is 6.19. The number of carbonyl (C=O) groups excluding carboxylic acids is 1. The molecule has 1 saturated heterocycles. The van der Waals surface area contributed by atoms with Crippen molar-refractivity contribution in [1.82, 2.24) is 0 Å². The van der Waals surface area contributed by atoms with Crippen LogP contribution in [0.25, 0.3) is 0 Å². The number of sulfone groups is 1. The van der Waals surface area contributed by atoms with Crippen molar-refractivity contribution >= 4 is 21.4 Å². The molecule has 1 aromatic rings. The molecule has 0 aliphatic carbocycles. The van der Waals surface area contributed by atoms with Gasteiger partial charge in [0.2, 0.25) is 5.91 Å². The third-order valence-corrected chi connectivity index (χ3v) is 4.96. The van der Waals surface area contributed by atoms with Gasteiger partial charge in [-0.1, -0.05) is 0 Å². The molecule has 5 nitrogen and oxygen atoms in total. The minimum absolute atomic E-state index is 0.0126. The molecule has 1 aromatic carbocycles. The van der Waals surface area contributed by atoms with E-state index in [0.717, 1.165) is 12.1 Å². The summed E-state index contributed by atoms with van der Waals surface area (Å²) in [5.74, 6) is -2.31. The average molecular weight is 340 g/mol. The molecule has 1 fully saturated rings. The van der Waals surface area contributed by atoms with Gasteiger partial charge in [0.15, 0.2) is 0 Å². The summed E-state index contributed by atoms with van der Waals surface area (Å²) in [5.41, 5.74) is -0.701. The smallest absolute Gasteiger partial charge is 0.370 e. The van der Waals surface area contributed by atoms with Crippen molar-refractivity contribution < 1.29 is 30.8 Å². The maximum atomic E-state index is 13.2. The molecule has 22 heavy (non-hydrogen) atoms. The van der Waals surface area contributed by atoms with Gasteiger partial charge < -0.3 is 10.6 Å². The van der Waals surface area contributed by atoms with Crippen molar-refractivity contribution in [2.75, 3.05) is 18.0 Å². The summed E-state index contributed by atoms with van der Waals surface area (Å²) >= 11 is 0. The zero-order valence-electron chi connectivity index (χ0n) is 11.1. The number of anilines is 1. The summed E-state index contributed by atoms with van der Waals surface area (Å²) in [6.45, 7) is 0.140. The highest BCUT2D eigenvalue weighted by Crippen LogP contribution is 2.37. The normalized spacial score (nSPS) is 19.5. The maximum Gasteiger partial charge on any atom is 0.501 e. The third-order valence-electron chi connectivity index (χ3n) is 3.45. The molecule has 1 aliphatic heterocycles. The van der Waals surface area contributed by atoms with Crippen molar-refractivity contribution in [3.05, 3.63) is 24.0 Å². The zero-order valence-corrected chi connectivity index (χ0v) is 11.9. The van der Waals surface area contributed by atoms with Crippen LogP contribution in [0.3, 0.4) is 0 Å². The molecule has 1 unspecified atom stereocenters. The number of amides is 1. The molecule has 122 valence electrons. The topological polar surface area (TPSA) is 80.5 Å². The van der Waals surface area contributed by atoms with Crippen LogP contribution in [0.1, 0.15) is 6.42 Å². The second-order valence-electron chi connectivity index (χ2n) is 4.90. The lowest BCUT2D eigenvalue weighted by Gasteiger charge is -2.22. The predicted molar refractivity (Wildman–Crippen MR) is 69.2 cm³/mol. The fraction of sp³-hybridized carbons (Fsp3) is 0.417. The number of alkyl halides is 3. The number of primary amides is 1. The van der Waals surface area contributed by atoms with Gasteiger partial charge in [0.1, 0.15) is 10.7 Å². The van der Waals surface area contributed by atoms with Crippen LogP contribution in [0.5, 0.6) is 0 Å². The average Bonchev–Trinajstić information content (AvgIpc) is 2.86. The summed E-state index contributed by atoms with van der Waals surface area (Å²) in [6, 6.07) is 2.15. The Bertz CT molecular complexity index is 703. The van der Waals surface area contributed by atoms with E-state index in [4.69, 9.17) is 5.73 Å². The van der Waals surface area contributed by atoms with Gasteiger partial charge in [-0.25, -0.2) is 12.8 Å². The third kappa shape index (κ3) is 2.87. The molecule has 0 radical (unpaired) electrons. The molecular weight excluding hydrogens is 328 g/mol. The Morgan fingerprint density at radius 1 is 1.32 bits per heavy atom. The number of halogens is 4. The van der Waals surface area contributed by atoms with Gasteiger partial charge in [-0.05, 0) is 24.6 Å². The summed E-state index contributed by atoms with van der Waals surface area (Å²) in [5, 5.41) is 0. The molecule has 1 amide bonds. The van der Waals surface area contributed by atoms with Crippen LogP contribution < -0.4 is 10.6 Å². The van der Waals surface area contributed by atoms with Gasteiger partial charge in [-0.2, -0.15) is 13.2 Å². The number of nitrogens with zero attached hydrogens (tertiary/aromatic N) is 1. The fourth-order valence-corrected chi connectivity index (χ4v) is 3.29. The highest BCUT2D eigenvalue weighted by Gasteiger charge is 2.49. The fourth-order valence-electron chi connectivity index (χ4n) is 2.30. The van der Waals surface area contributed by atoms with E-state index in [9.17, 15) is 30.8 Å². The van der Waals surface area contributed by atoms with Crippen LogP contribution in [0.4, 0.5) is 23.2 Å². The van der Waals surface area contributed by atoms with Crippen LogP contribution in [-0.2, 0) is 14.6 Å². The Morgan fingerprint density at radius 2 is 1.95 bits per heavy atom. The molecule has 0 bridgehead atoms. The van der Waals surface area contributed by atoms with E-state index in [0.29, 0.717) is 6.07 Å². The Balaban J connectivity index is 2.49. The van der Waals surface area contributed by atoms with E-state index in [1.165, 1.54) is 4.90 Å². The van der Waals surface area contributed by atoms with Crippen molar-refractivity contribution in [1.29, 1.82) is 0 Å². The van der Waals surface area contributed by atoms with E-state index >= 15 is 0 Å². The molecule has 1 atom stereocenters. The molecule has 0 spiro atoms. The number of hydrogen-bond donors (Lipinski definition) is 1. The number of rotatable bonds is 3. The second kappa shape index (κ2) is 5.41. The second-order valence-corrected chi connectivity index (χ2v) is 6.80. The minimum Gasteiger partial charge on any atom is -0.370 e. The van der Waals surface area contributed by atoms with Gasteiger partial charge in [0.05, 0.1) is 11.6 Å². The first-order chi connectivity index (χ1) is 10.0. The van der Waals surface area contributed by atoms with Crippen molar-refractivity contribution in [3.63, 3.8) is 0 Å². The maximum absolute atomic E-state index is 13.2. The molecule has 10 heteroatoms. The molecule has 1 heterocycles. The quantitative estimate of drug-likeness (QED) is 0.844.